The van der Waals surface area contributed by atoms with Crippen LogP contribution in [0.4, 0.5) is 5.82 Å². The third-order valence-electron chi connectivity index (χ3n) is 1.95. The molecule has 0 aliphatic rings. The molecule has 1 rings (SSSR count). The van der Waals surface area contributed by atoms with Crippen molar-refractivity contribution in [2.45, 2.75) is 20.3 Å². The van der Waals surface area contributed by atoms with Crippen molar-refractivity contribution in [3.8, 4) is 0 Å². The zero-order chi connectivity index (χ0) is 10.2. The van der Waals surface area contributed by atoms with Gasteiger partial charge in [-0.05, 0) is 31.5 Å². The summed E-state index contributed by atoms with van der Waals surface area (Å²) < 4.78 is 0. The summed E-state index contributed by atoms with van der Waals surface area (Å²) in [5, 5.41) is 6.58. The summed E-state index contributed by atoms with van der Waals surface area (Å²) >= 11 is 0. The van der Waals surface area contributed by atoms with Crippen molar-refractivity contribution in [3.05, 3.63) is 23.9 Å². The first-order valence-electron chi connectivity index (χ1n) is 5.20. The molecule has 3 heteroatoms. The van der Waals surface area contributed by atoms with Crippen molar-refractivity contribution >= 4 is 5.82 Å². The van der Waals surface area contributed by atoms with Gasteiger partial charge in [-0.15, -0.1) is 0 Å². The molecule has 0 saturated heterocycles. The molecule has 1 aromatic heterocycles. The lowest BCUT2D eigenvalue weighted by Crippen LogP contribution is -2.22. The maximum Gasteiger partial charge on any atom is 0.125 e. The lowest BCUT2D eigenvalue weighted by molar-refractivity contribution is 0.687. The van der Waals surface area contributed by atoms with E-state index in [9.17, 15) is 0 Å². The Morgan fingerprint density at radius 3 is 2.71 bits per heavy atom. The first-order valence-corrected chi connectivity index (χ1v) is 5.20. The second-order valence-electron chi connectivity index (χ2n) is 3.40. The van der Waals surface area contributed by atoms with Gasteiger partial charge in [-0.1, -0.05) is 13.0 Å². The van der Waals surface area contributed by atoms with Crippen LogP contribution in [0.2, 0.25) is 0 Å². The Kier molecular flexibility index (Phi) is 5.00. The van der Waals surface area contributed by atoms with E-state index in [1.54, 1.807) is 0 Å². The first kappa shape index (κ1) is 11.0. The Labute approximate surface area is 85.9 Å². The van der Waals surface area contributed by atoms with Crippen molar-refractivity contribution in [2.24, 2.45) is 0 Å². The fourth-order valence-corrected chi connectivity index (χ4v) is 1.15. The molecule has 0 aliphatic heterocycles. The summed E-state index contributed by atoms with van der Waals surface area (Å²) in [7, 11) is 0. The number of pyridine rings is 1. The zero-order valence-corrected chi connectivity index (χ0v) is 9.01. The highest BCUT2D eigenvalue weighted by Gasteiger charge is 1.91. The lowest BCUT2D eigenvalue weighted by atomic mass is 10.3. The highest BCUT2D eigenvalue weighted by molar-refractivity contribution is 5.34. The molecule has 1 aromatic rings. The third kappa shape index (κ3) is 4.23. The van der Waals surface area contributed by atoms with Crippen LogP contribution in [0.3, 0.4) is 0 Å². The summed E-state index contributed by atoms with van der Waals surface area (Å²) in [5.74, 6) is 0.953. The van der Waals surface area contributed by atoms with Gasteiger partial charge >= 0.3 is 0 Å². The van der Waals surface area contributed by atoms with Crippen LogP contribution in [0.5, 0.6) is 0 Å². The Balaban J connectivity index is 2.15. The molecule has 1 heterocycles. The number of rotatable bonds is 6. The van der Waals surface area contributed by atoms with Gasteiger partial charge in [-0.3, -0.25) is 0 Å². The summed E-state index contributed by atoms with van der Waals surface area (Å²) in [4.78, 5) is 4.26. The van der Waals surface area contributed by atoms with E-state index < -0.39 is 0 Å². The van der Waals surface area contributed by atoms with Crippen molar-refractivity contribution in [2.75, 3.05) is 25.0 Å². The van der Waals surface area contributed by atoms with Crippen LogP contribution in [-0.2, 0) is 0 Å². The van der Waals surface area contributed by atoms with Crippen molar-refractivity contribution in [3.63, 3.8) is 0 Å². The monoisotopic (exact) mass is 193 g/mol. The molecule has 2 N–H and O–H groups in total. The third-order valence-corrected chi connectivity index (χ3v) is 1.95. The maximum atomic E-state index is 4.26. The minimum absolute atomic E-state index is 0.927. The predicted octanol–water partition coefficient (Wildman–Crippen LogP) is 1.80. The van der Waals surface area contributed by atoms with Crippen LogP contribution in [0, 0.1) is 6.92 Å². The van der Waals surface area contributed by atoms with E-state index in [1.165, 1.54) is 12.0 Å². The minimum atomic E-state index is 0.927. The van der Waals surface area contributed by atoms with E-state index in [0.717, 1.165) is 25.5 Å². The number of hydrogen-bond donors (Lipinski definition) is 2. The van der Waals surface area contributed by atoms with E-state index in [0.29, 0.717) is 0 Å². The summed E-state index contributed by atoms with van der Waals surface area (Å²) in [6.07, 6.45) is 3.06. The zero-order valence-electron chi connectivity index (χ0n) is 9.01. The fourth-order valence-electron chi connectivity index (χ4n) is 1.15. The van der Waals surface area contributed by atoms with Gasteiger partial charge in [0.2, 0.25) is 0 Å². The molecule has 0 atom stereocenters. The van der Waals surface area contributed by atoms with Gasteiger partial charge in [-0.2, -0.15) is 0 Å². The van der Waals surface area contributed by atoms with Gasteiger partial charge in [0, 0.05) is 19.3 Å². The van der Waals surface area contributed by atoms with Gasteiger partial charge in [0.25, 0.3) is 0 Å². The molecule has 0 aromatic carbocycles. The van der Waals surface area contributed by atoms with Gasteiger partial charge < -0.3 is 10.6 Å². The van der Waals surface area contributed by atoms with Crippen molar-refractivity contribution in [1.29, 1.82) is 0 Å². The normalized spacial score (nSPS) is 10.1. The second kappa shape index (κ2) is 6.38. The quantitative estimate of drug-likeness (QED) is 0.676. The summed E-state index contributed by atoms with van der Waals surface area (Å²) in [5.41, 5.74) is 1.19. The molecule has 78 valence electrons. The van der Waals surface area contributed by atoms with E-state index in [1.807, 2.05) is 19.2 Å². The molecule has 14 heavy (non-hydrogen) atoms. The Bertz CT molecular complexity index is 243. The lowest BCUT2D eigenvalue weighted by Gasteiger charge is -2.06. The standard InChI is InChI=1S/C11H19N3/c1-3-6-12-7-8-13-11-5-4-10(2)9-14-11/h4-5,9,12H,3,6-8H2,1-2H3,(H,13,14). The van der Waals surface area contributed by atoms with Crippen LogP contribution in [0.1, 0.15) is 18.9 Å². The topological polar surface area (TPSA) is 37.0 Å². The molecule has 0 radical (unpaired) electrons. The summed E-state index contributed by atoms with van der Waals surface area (Å²) in [6.45, 7) is 7.21. The maximum absolute atomic E-state index is 4.26. The molecule has 0 saturated carbocycles. The van der Waals surface area contributed by atoms with Gasteiger partial charge in [0.05, 0.1) is 0 Å². The highest BCUT2D eigenvalue weighted by atomic mass is 15.0. The molecule has 0 fully saturated rings. The Morgan fingerprint density at radius 1 is 1.21 bits per heavy atom. The number of aryl methyl sites for hydroxylation is 1. The van der Waals surface area contributed by atoms with Crippen LogP contribution >= 0.6 is 0 Å². The van der Waals surface area contributed by atoms with Crippen LogP contribution < -0.4 is 10.6 Å². The van der Waals surface area contributed by atoms with Gasteiger partial charge in [0.1, 0.15) is 5.82 Å². The second-order valence-corrected chi connectivity index (χ2v) is 3.40. The Hall–Kier alpha value is -1.09. The molecular formula is C11H19N3. The predicted molar refractivity (Wildman–Crippen MR) is 60.6 cm³/mol. The largest absolute Gasteiger partial charge is 0.369 e. The molecular weight excluding hydrogens is 174 g/mol. The smallest absolute Gasteiger partial charge is 0.125 e. The van der Waals surface area contributed by atoms with Crippen LogP contribution in [0.15, 0.2) is 18.3 Å². The average Bonchev–Trinajstić information content (AvgIpc) is 2.21. The van der Waals surface area contributed by atoms with Crippen molar-refractivity contribution < 1.29 is 0 Å². The summed E-state index contributed by atoms with van der Waals surface area (Å²) in [6, 6.07) is 4.07. The number of aromatic nitrogens is 1. The molecule has 0 amide bonds. The average molecular weight is 193 g/mol. The molecule has 3 nitrogen and oxygen atoms in total. The highest BCUT2D eigenvalue weighted by Crippen LogP contribution is 2.02. The van der Waals surface area contributed by atoms with Crippen molar-refractivity contribution in [1.82, 2.24) is 10.3 Å². The molecule has 0 spiro atoms. The van der Waals surface area contributed by atoms with E-state index in [2.05, 4.69) is 28.6 Å². The van der Waals surface area contributed by atoms with Crippen LogP contribution in [0.25, 0.3) is 0 Å². The number of nitrogens with zero attached hydrogens (tertiary/aromatic N) is 1. The number of nitrogens with one attached hydrogen (secondary N) is 2. The first-order chi connectivity index (χ1) is 6.83. The minimum Gasteiger partial charge on any atom is -0.369 e. The SMILES string of the molecule is CCCNCCNc1ccc(C)cn1. The van der Waals surface area contributed by atoms with Gasteiger partial charge in [0.15, 0.2) is 0 Å². The number of hydrogen-bond acceptors (Lipinski definition) is 3. The van der Waals surface area contributed by atoms with Crippen LogP contribution in [-0.4, -0.2) is 24.6 Å². The van der Waals surface area contributed by atoms with E-state index in [4.69, 9.17) is 0 Å². The molecule has 0 bridgehead atoms. The van der Waals surface area contributed by atoms with E-state index in [-0.39, 0.29) is 0 Å². The fraction of sp³-hybridized carbons (Fsp3) is 0.545. The van der Waals surface area contributed by atoms with Gasteiger partial charge in [-0.25, -0.2) is 4.98 Å². The van der Waals surface area contributed by atoms with E-state index >= 15 is 0 Å². The number of anilines is 1. The molecule has 0 aliphatic carbocycles. The Morgan fingerprint density at radius 2 is 2.07 bits per heavy atom. The molecule has 0 unspecified atom stereocenters.